The van der Waals surface area contributed by atoms with E-state index in [1.54, 1.807) is 29.6 Å². The van der Waals surface area contributed by atoms with E-state index in [0.29, 0.717) is 28.6 Å². The van der Waals surface area contributed by atoms with Crippen LogP contribution in [0.1, 0.15) is 33.5 Å². The molecule has 0 spiro atoms. The average molecular weight is 482 g/mol. The van der Waals surface area contributed by atoms with Crippen LogP contribution in [0.15, 0.2) is 90.3 Å². The minimum Gasteiger partial charge on any atom is -0.345 e. The number of anilines is 1. The van der Waals surface area contributed by atoms with Crippen molar-refractivity contribution in [1.29, 1.82) is 0 Å². The Hall–Kier alpha value is -4.30. The minimum atomic E-state index is -0.326. The number of imidazole rings is 1. The van der Waals surface area contributed by atoms with Crippen molar-refractivity contribution < 1.29 is 9.59 Å². The second-order valence-electron chi connectivity index (χ2n) is 8.09. The number of benzene rings is 3. The van der Waals surface area contributed by atoms with Gasteiger partial charge in [-0.3, -0.25) is 14.9 Å². The van der Waals surface area contributed by atoms with Gasteiger partial charge >= 0.3 is 0 Å². The van der Waals surface area contributed by atoms with Crippen LogP contribution >= 0.6 is 11.3 Å². The van der Waals surface area contributed by atoms with E-state index in [4.69, 9.17) is 4.98 Å². The third kappa shape index (κ3) is 5.62. The summed E-state index contributed by atoms with van der Waals surface area (Å²) in [5.41, 5.74) is 4.02. The van der Waals surface area contributed by atoms with Gasteiger partial charge in [0.1, 0.15) is 5.82 Å². The Morgan fingerprint density at radius 2 is 1.60 bits per heavy atom. The molecule has 0 aliphatic heterocycles. The first kappa shape index (κ1) is 22.5. The summed E-state index contributed by atoms with van der Waals surface area (Å²) in [6.07, 6.45) is 0.699. The summed E-state index contributed by atoms with van der Waals surface area (Å²) in [7, 11) is 0. The lowest BCUT2D eigenvalue weighted by Gasteiger charge is -2.17. The van der Waals surface area contributed by atoms with E-state index in [-0.39, 0.29) is 24.3 Å². The minimum absolute atomic E-state index is 0.100. The number of nitrogens with zero attached hydrogens (tertiary/aromatic N) is 2. The summed E-state index contributed by atoms with van der Waals surface area (Å²) >= 11 is 1.29. The number of H-pyrrole nitrogens is 1. The van der Waals surface area contributed by atoms with Crippen molar-refractivity contribution in [2.24, 2.45) is 0 Å². The summed E-state index contributed by atoms with van der Waals surface area (Å²) < 4.78 is 0. The highest BCUT2D eigenvalue weighted by Gasteiger charge is 2.20. The molecule has 0 aliphatic carbocycles. The number of hydrogen-bond acceptors (Lipinski definition) is 5. The second-order valence-corrected chi connectivity index (χ2v) is 8.95. The molecule has 35 heavy (non-hydrogen) atoms. The van der Waals surface area contributed by atoms with Crippen LogP contribution in [0.4, 0.5) is 5.13 Å². The number of para-hydroxylation sites is 2. The summed E-state index contributed by atoms with van der Waals surface area (Å²) in [6.45, 7) is 0. The van der Waals surface area contributed by atoms with Crippen molar-refractivity contribution in [3.8, 4) is 0 Å². The monoisotopic (exact) mass is 481 g/mol. The molecule has 0 fully saturated rings. The standard InChI is InChI=1S/C27H23N5O2S/c33-24(16-20-17-35-27(28-20)32-26(34)19-11-5-2-6-12-19)29-23(15-18-9-3-1-4-10-18)25-30-21-13-7-8-14-22(21)31-25/h1-14,17,23H,15-16H2,(H,29,33)(H,30,31)(H,28,32,34)/t23-/m0/s1. The number of hydrogen-bond donors (Lipinski definition) is 3. The van der Waals surface area contributed by atoms with E-state index < -0.39 is 0 Å². The SMILES string of the molecule is O=C(Cc1csc(NC(=O)c2ccccc2)n1)N[C@@H](Cc1ccccc1)c1nc2ccccc2[nH]1. The zero-order valence-corrected chi connectivity index (χ0v) is 19.6. The molecule has 0 bridgehead atoms. The van der Waals surface area contributed by atoms with Crippen molar-refractivity contribution in [1.82, 2.24) is 20.3 Å². The molecule has 0 saturated heterocycles. The van der Waals surface area contributed by atoms with Gasteiger partial charge in [-0.15, -0.1) is 11.3 Å². The predicted molar refractivity (Wildman–Crippen MR) is 137 cm³/mol. The molecule has 2 amide bonds. The number of aromatic amines is 1. The Morgan fingerprint density at radius 1 is 0.886 bits per heavy atom. The van der Waals surface area contributed by atoms with Crippen molar-refractivity contribution in [2.75, 3.05) is 5.32 Å². The molecule has 7 nitrogen and oxygen atoms in total. The van der Waals surface area contributed by atoms with E-state index in [0.717, 1.165) is 16.6 Å². The molecule has 2 aromatic heterocycles. The number of aromatic nitrogens is 3. The van der Waals surface area contributed by atoms with Crippen LogP contribution in [0, 0.1) is 0 Å². The van der Waals surface area contributed by atoms with E-state index >= 15 is 0 Å². The zero-order chi connectivity index (χ0) is 24.0. The Labute approximate surface area is 206 Å². The third-order valence-electron chi connectivity index (χ3n) is 5.51. The maximum atomic E-state index is 13.0. The Balaban J connectivity index is 1.28. The van der Waals surface area contributed by atoms with E-state index in [1.165, 1.54) is 11.3 Å². The van der Waals surface area contributed by atoms with Crippen molar-refractivity contribution in [2.45, 2.75) is 18.9 Å². The summed E-state index contributed by atoms with van der Waals surface area (Å²) in [6, 6.07) is 26.4. The van der Waals surface area contributed by atoms with Gasteiger partial charge in [0, 0.05) is 10.9 Å². The van der Waals surface area contributed by atoms with Gasteiger partial charge in [0.2, 0.25) is 5.91 Å². The third-order valence-corrected chi connectivity index (χ3v) is 6.31. The smallest absolute Gasteiger partial charge is 0.257 e. The fourth-order valence-corrected chi connectivity index (χ4v) is 4.52. The van der Waals surface area contributed by atoms with Crippen LogP contribution < -0.4 is 10.6 Å². The molecule has 3 N–H and O–H groups in total. The molecular formula is C27H23N5O2S. The van der Waals surface area contributed by atoms with E-state index in [2.05, 4.69) is 20.6 Å². The van der Waals surface area contributed by atoms with Crippen LogP contribution in [0.5, 0.6) is 0 Å². The molecule has 0 unspecified atom stereocenters. The number of rotatable bonds is 8. The highest BCUT2D eigenvalue weighted by atomic mass is 32.1. The van der Waals surface area contributed by atoms with Gasteiger partial charge in [0.05, 0.1) is 29.2 Å². The highest BCUT2D eigenvalue weighted by molar-refractivity contribution is 7.14. The van der Waals surface area contributed by atoms with Gasteiger partial charge < -0.3 is 10.3 Å². The average Bonchev–Trinajstić information content (AvgIpc) is 3.51. The summed E-state index contributed by atoms with van der Waals surface area (Å²) in [4.78, 5) is 37.8. The predicted octanol–water partition coefficient (Wildman–Crippen LogP) is 4.91. The van der Waals surface area contributed by atoms with Gasteiger partial charge in [-0.1, -0.05) is 60.7 Å². The van der Waals surface area contributed by atoms with Crippen LogP contribution in [-0.4, -0.2) is 26.8 Å². The number of carbonyl (C=O) groups excluding carboxylic acids is 2. The first-order valence-electron chi connectivity index (χ1n) is 11.2. The summed E-state index contributed by atoms with van der Waals surface area (Å²) in [5.74, 6) is 0.305. The van der Waals surface area contributed by atoms with Gasteiger partial charge in [0.25, 0.3) is 5.91 Å². The normalized spacial score (nSPS) is 11.8. The maximum Gasteiger partial charge on any atom is 0.257 e. The zero-order valence-electron chi connectivity index (χ0n) is 18.8. The fourth-order valence-electron chi connectivity index (χ4n) is 3.82. The summed E-state index contributed by atoms with van der Waals surface area (Å²) in [5, 5.41) is 8.14. The van der Waals surface area contributed by atoms with Crippen LogP contribution in [0.2, 0.25) is 0 Å². The first-order valence-corrected chi connectivity index (χ1v) is 12.1. The molecule has 3 aromatic carbocycles. The molecule has 2 heterocycles. The number of fused-ring (bicyclic) bond motifs is 1. The molecule has 174 valence electrons. The number of amides is 2. The van der Waals surface area contributed by atoms with Crippen molar-refractivity contribution in [3.63, 3.8) is 0 Å². The van der Waals surface area contributed by atoms with Crippen LogP contribution in [-0.2, 0) is 17.6 Å². The topological polar surface area (TPSA) is 99.8 Å². The van der Waals surface area contributed by atoms with Gasteiger partial charge in [-0.05, 0) is 36.2 Å². The molecule has 8 heteroatoms. The van der Waals surface area contributed by atoms with E-state index in [9.17, 15) is 9.59 Å². The fraction of sp³-hybridized carbons (Fsp3) is 0.111. The number of thiazole rings is 1. The van der Waals surface area contributed by atoms with Crippen molar-refractivity contribution in [3.05, 3.63) is 113 Å². The maximum absolute atomic E-state index is 13.0. The molecule has 0 aliphatic rings. The van der Waals surface area contributed by atoms with Gasteiger partial charge in [-0.25, -0.2) is 9.97 Å². The number of nitrogens with one attached hydrogen (secondary N) is 3. The molecule has 1 atom stereocenters. The molecular weight excluding hydrogens is 458 g/mol. The van der Waals surface area contributed by atoms with Gasteiger partial charge in [-0.2, -0.15) is 0 Å². The van der Waals surface area contributed by atoms with Crippen LogP contribution in [0.25, 0.3) is 11.0 Å². The molecule has 5 aromatic rings. The molecule has 0 saturated carbocycles. The highest BCUT2D eigenvalue weighted by Crippen LogP contribution is 2.21. The molecule has 5 rings (SSSR count). The lowest BCUT2D eigenvalue weighted by atomic mass is 10.1. The van der Waals surface area contributed by atoms with E-state index in [1.807, 2.05) is 60.7 Å². The molecule has 0 radical (unpaired) electrons. The number of carbonyl (C=O) groups is 2. The van der Waals surface area contributed by atoms with Crippen molar-refractivity contribution >= 4 is 39.3 Å². The largest absolute Gasteiger partial charge is 0.345 e. The Morgan fingerprint density at radius 3 is 2.37 bits per heavy atom. The Kier molecular flexibility index (Phi) is 6.63. The van der Waals surface area contributed by atoms with Gasteiger partial charge in [0.15, 0.2) is 5.13 Å². The lowest BCUT2D eigenvalue weighted by molar-refractivity contribution is -0.121. The quantitative estimate of drug-likeness (QED) is 0.293. The van der Waals surface area contributed by atoms with Crippen LogP contribution in [0.3, 0.4) is 0 Å². The first-order chi connectivity index (χ1) is 17.1. The second kappa shape index (κ2) is 10.3. The lowest BCUT2D eigenvalue weighted by Crippen LogP contribution is -2.32. The Bertz CT molecular complexity index is 1410.